The van der Waals surface area contributed by atoms with Crippen LogP contribution in [0.1, 0.15) is 16.1 Å². The minimum atomic E-state index is -0.976. The number of hydrogen-bond acceptors (Lipinski definition) is 4. The summed E-state index contributed by atoms with van der Waals surface area (Å²) in [6.07, 6.45) is 1.56. The average molecular weight is 372 g/mol. The molecule has 0 saturated heterocycles. The zero-order valence-electron chi connectivity index (χ0n) is 14.2. The van der Waals surface area contributed by atoms with Crippen LogP contribution in [0.15, 0.2) is 54.7 Å². The summed E-state index contributed by atoms with van der Waals surface area (Å²) in [7, 11) is 1.52. The quantitative estimate of drug-likeness (QED) is 0.508. The third-order valence-corrected chi connectivity index (χ3v) is 3.88. The molecule has 2 aromatic carbocycles. The molecule has 0 aliphatic rings. The molecular weight excluding hydrogens is 358 g/mol. The van der Waals surface area contributed by atoms with Crippen LogP contribution in [0, 0.1) is 21.7 Å². The molecule has 27 heavy (non-hydrogen) atoms. The standard InChI is InChI=1S/C18H14F2N4O3/c1-22(11-12-2-7-15(19)16(20)10-12)18(25)17-8-9-23(21-17)13-3-5-14(6-4-13)24(26)27/h2-10H,11H2,1H3. The monoisotopic (exact) mass is 372 g/mol. The highest BCUT2D eigenvalue weighted by atomic mass is 19.2. The summed E-state index contributed by atoms with van der Waals surface area (Å²) >= 11 is 0. The SMILES string of the molecule is CN(Cc1ccc(F)c(F)c1)C(=O)c1ccn(-c2ccc([N+](=O)[O-])cc2)n1. The number of amides is 1. The lowest BCUT2D eigenvalue weighted by atomic mass is 10.2. The Morgan fingerprint density at radius 2 is 1.85 bits per heavy atom. The number of non-ortho nitro benzene ring substituents is 1. The molecule has 1 amide bonds. The molecule has 0 aliphatic heterocycles. The zero-order chi connectivity index (χ0) is 19.6. The number of aromatic nitrogens is 2. The van der Waals surface area contributed by atoms with Crippen LogP contribution in [-0.2, 0) is 6.54 Å². The van der Waals surface area contributed by atoms with E-state index in [-0.39, 0.29) is 17.9 Å². The number of carbonyl (C=O) groups is 1. The first-order valence-electron chi connectivity index (χ1n) is 7.85. The van der Waals surface area contributed by atoms with E-state index in [4.69, 9.17) is 0 Å². The molecule has 1 aromatic heterocycles. The van der Waals surface area contributed by atoms with Crippen molar-refractivity contribution < 1.29 is 18.5 Å². The molecule has 0 bridgehead atoms. The maximum absolute atomic E-state index is 13.3. The Bertz CT molecular complexity index is 1000. The molecular formula is C18H14F2N4O3. The predicted molar refractivity (Wildman–Crippen MR) is 92.4 cm³/mol. The molecule has 0 unspecified atom stereocenters. The smallest absolute Gasteiger partial charge is 0.274 e. The Kier molecular flexibility index (Phi) is 4.93. The third-order valence-electron chi connectivity index (χ3n) is 3.88. The maximum atomic E-state index is 13.3. The summed E-state index contributed by atoms with van der Waals surface area (Å²) in [5.74, 6) is -2.33. The Hall–Kier alpha value is -3.62. The molecule has 138 valence electrons. The van der Waals surface area contributed by atoms with Crippen molar-refractivity contribution in [1.29, 1.82) is 0 Å². The van der Waals surface area contributed by atoms with Crippen LogP contribution < -0.4 is 0 Å². The van der Waals surface area contributed by atoms with Gasteiger partial charge in [0.25, 0.3) is 11.6 Å². The van der Waals surface area contributed by atoms with Crippen LogP contribution >= 0.6 is 0 Å². The van der Waals surface area contributed by atoms with Gasteiger partial charge in [0.1, 0.15) is 0 Å². The van der Waals surface area contributed by atoms with Crippen molar-refractivity contribution in [1.82, 2.24) is 14.7 Å². The van der Waals surface area contributed by atoms with Crippen molar-refractivity contribution >= 4 is 11.6 Å². The van der Waals surface area contributed by atoms with E-state index in [9.17, 15) is 23.7 Å². The number of nitrogens with zero attached hydrogens (tertiary/aromatic N) is 4. The number of carbonyl (C=O) groups excluding carboxylic acids is 1. The van der Waals surface area contributed by atoms with Gasteiger partial charge in [-0.3, -0.25) is 14.9 Å². The molecule has 0 atom stereocenters. The normalized spacial score (nSPS) is 10.6. The van der Waals surface area contributed by atoms with E-state index in [0.717, 1.165) is 12.1 Å². The highest BCUT2D eigenvalue weighted by molar-refractivity contribution is 5.92. The second kappa shape index (κ2) is 7.32. The Balaban J connectivity index is 1.73. The summed E-state index contributed by atoms with van der Waals surface area (Å²) in [4.78, 5) is 24.0. The van der Waals surface area contributed by atoms with E-state index in [1.807, 2.05) is 0 Å². The molecule has 3 aromatic rings. The van der Waals surface area contributed by atoms with Crippen LogP contribution in [-0.4, -0.2) is 32.6 Å². The van der Waals surface area contributed by atoms with Crippen molar-refractivity contribution in [2.45, 2.75) is 6.54 Å². The van der Waals surface area contributed by atoms with Gasteiger partial charge in [0, 0.05) is 31.9 Å². The van der Waals surface area contributed by atoms with E-state index >= 15 is 0 Å². The van der Waals surface area contributed by atoms with Crippen molar-refractivity contribution in [3.8, 4) is 5.69 Å². The minimum Gasteiger partial charge on any atom is -0.336 e. The molecule has 0 fully saturated rings. The summed E-state index contributed by atoms with van der Waals surface area (Å²) in [5.41, 5.74) is 1.11. The summed E-state index contributed by atoms with van der Waals surface area (Å²) in [5, 5.41) is 14.9. The van der Waals surface area contributed by atoms with E-state index in [1.165, 1.54) is 53.0 Å². The van der Waals surface area contributed by atoms with Crippen LogP contribution in [0.25, 0.3) is 5.69 Å². The van der Waals surface area contributed by atoms with E-state index in [1.54, 1.807) is 6.20 Å². The highest BCUT2D eigenvalue weighted by Crippen LogP contribution is 2.16. The van der Waals surface area contributed by atoms with Gasteiger partial charge in [-0.05, 0) is 35.9 Å². The number of halogens is 2. The van der Waals surface area contributed by atoms with E-state index in [0.29, 0.717) is 11.3 Å². The van der Waals surface area contributed by atoms with E-state index < -0.39 is 22.5 Å². The van der Waals surface area contributed by atoms with Crippen LogP contribution in [0.4, 0.5) is 14.5 Å². The lowest BCUT2D eigenvalue weighted by Gasteiger charge is -2.16. The van der Waals surface area contributed by atoms with E-state index in [2.05, 4.69) is 5.10 Å². The first-order chi connectivity index (χ1) is 12.8. The number of rotatable bonds is 5. The minimum absolute atomic E-state index is 0.0477. The second-order valence-electron chi connectivity index (χ2n) is 5.83. The Labute approximate surface area is 152 Å². The van der Waals surface area contributed by atoms with Gasteiger partial charge in [-0.2, -0.15) is 5.10 Å². The first-order valence-corrected chi connectivity index (χ1v) is 7.85. The van der Waals surface area contributed by atoms with Crippen molar-refractivity contribution in [3.63, 3.8) is 0 Å². The van der Waals surface area contributed by atoms with Gasteiger partial charge in [0.05, 0.1) is 10.6 Å². The van der Waals surface area contributed by atoms with Gasteiger partial charge in [0.2, 0.25) is 0 Å². The van der Waals surface area contributed by atoms with Crippen molar-refractivity contribution in [2.24, 2.45) is 0 Å². The zero-order valence-corrected chi connectivity index (χ0v) is 14.2. The fourth-order valence-corrected chi connectivity index (χ4v) is 2.49. The molecule has 0 spiro atoms. The van der Waals surface area contributed by atoms with Gasteiger partial charge in [-0.25, -0.2) is 13.5 Å². The number of benzene rings is 2. The summed E-state index contributed by atoms with van der Waals surface area (Å²) in [6.45, 7) is 0.0838. The third kappa shape index (κ3) is 3.97. The first kappa shape index (κ1) is 18.2. The average Bonchev–Trinajstić information content (AvgIpc) is 3.14. The molecule has 3 rings (SSSR count). The van der Waals surface area contributed by atoms with Crippen LogP contribution in [0.5, 0.6) is 0 Å². The number of hydrogen-bond donors (Lipinski definition) is 0. The lowest BCUT2D eigenvalue weighted by Crippen LogP contribution is -2.26. The van der Waals surface area contributed by atoms with Gasteiger partial charge >= 0.3 is 0 Å². The molecule has 9 heteroatoms. The molecule has 0 N–H and O–H groups in total. The van der Waals surface area contributed by atoms with Gasteiger partial charge in [0.15, 0.2) is 17.3 Å². The molecule has 7 nitrogen and oxygen atoms in total. The molecule has 0 radical (unpaired) electrons. The maximum Gasteiger partial charge on any atom is 0.274 e. The summed E-state index contributed by atoms with van der Waals surface area (Å²) in [6, 6.07) is 10.7. The fraction of sp³-hybridized carbons (Fsp3) is 0.111. The van der Waals surface area contributed by atoms with Crippen LogP contribution in [0.2, 0.25) is 0 Å². The summed E-state index contributed by atoms with van der Waals surface area (Å²) < 4.78 is 27.7. The molecule has 0 aliphatic carbocycles. The van der Waals surface area contributed by atoms with Gasteiger partial charge in [-0.15, -0.1) is 0 Å². The molecule has 1 heterocycles. The van der Waals surface area contributed by atoms with Gasteiger partial charge in [-0.1, -0.05) is 6.07 Å². The highest BCUT2D eigenvalue weighted by Gasteiger charge is 2.16. The largest absolute Gasteiger partial charge is 0.336 e. The Morgan fingerprint density at radius 1 is 1.15 bits per heavy atom. The lowest BCUT2D eigenvalue weighted by molar-refractivity contribution is -0.384. The Morgan fingerprint density at radius 3 is 2.48 bits per heavy atom. The molecule has 0 saturated carbocycles. The van der Waals surface area contributed by atoms with Gasteiger partial charge < -0.3 is 4.90 Å². The fourth-order valence-electron chi connectivity index (χ4n) is 2.49. The topological polar surface area (TPSA) is 81.3 Å². The number of nitro groups is 1. The number of nitro benzene ring substituents is 1. The second-order valence-corrected chi connectivity index (χ2v) is 5.83. The van der Waals surface area contributed by atoms with Crippen molar-refractivity contribution in [2.75, 3.05) is 7.05 Å². The van der Waals surface area contributed by atoms with Crippen molar-refractivity contribution in [3.05, 3.63) is 87.7 Å². The van der Waals surface area contributed by atoms with Crippen LogP contribution in [0.3, 0.4) is 0 Å². The predicted octanol–water partition coefficient (Wildman–Crippen LogP) is 3.33.